The second-order valence-electron chi connectivity index (χ2n) is 7.28. The topological polar surface area (TPSA) is 55.4 Å². The summed E-state index contributed by atoms with van der Waals surface area (Å²) in [4.78, 5) is 25.3. The number of halogens is 2. The number of hydrogen-bond donors (Lipinski definition) is 1. The summed E-state index contributed by atoms with van der Waals surface area (Å²) >= 11 is 12.1. The van der Waals surface area contributed by atoms with Crippen LogP contribution in [0, 0.1) is 0 Å². The summed E-state index contributed by atoms with van der Waals surface area (Å²) < 4.78 is 4.95. The highest BCUT2D eigenvalue weighted by Crippen LogP contribution is 2.30. The van der Waals surface area contributed by atoms with E-state index in [0.29, 0.717) is 10.7 Å². The Bertz CT molecular complexity index is 1340. The average molecular weight is 476 g/mol. The Morgan fingerprint density at radius 1 is 0.697 bits per heavy atom. The van der Waals surface area contributed by atoms with Crippen molar-refractivity contribution in [1.82, 2.24) is 0 Å². The molecule has 0 spiro atoms. The van der Waals surface area contributed by atoms with Gasteiger partial charge in [-0.05, 0) is 58.7 Å². The van der Waals surface area contributed by atoms with Crippen LogP contribution in [0.15, 0.2) is 91.0 Å². The number of carbonyl (C=O) groups is 2. The van der Waals surface area contributed by atoms with E-state index >= 15 is 0 Å². The number of hydrogen-bond acceptors (Lipinski definition) is 3. The number of carbonyl (C=O) groups excluding carboxylic acids is 2. The fourth-order valence-corrected chi connectivity index (χ4v) is 3.98. The van der Waals surface area contributed by atoms with Crippen molar-refractivity contribution < 1.29 is 14.3 Å². The molecule has 4 rings (SSSR count). The van der Waals surface area contributed by atoms with E-state index in [4.69, 9.17) is 27.9 Å². The van der Waals surface area contributed by atoms with Gasteiger partial charge in [0.2, 0.25) is 0 Å². The van der Waals surface area contributed by atoms with Gasteiger partial charge in [-0.15, -0.1) is 0 Å². The van der Waals surface area contributed by atoms with Crippen molar-refractivity contribution in [1.29, 1.82) is 0 Å². The van der Waals surface area contributed by atoms with Gasteiger partial charge in [-0.25, -0.2) is 4.79 Å². The first-order chi connectivity index (χ1) is 16.0. The standard InChI is InChI=1S/C27H19Cl2NO3/c1-33-27(32)23-15-20(19-9-5-8-18(14-19)17-6-3-2-4-7-17)10-13-25(23)30-26(31)22-12-11-21(28)16-24(22)29/h2-16H,1H3,(H,30,31). The van der Waals surface area contributed by atoms with E-state index in [2.05, 4.69) is 11.4 Å². The Kier molecular flexibility index (Phi) is 6.78. The lowest BCUT2D eigenvalue weighted by Crippen LogP contribution is -2.16. The highest BCUT2D eigenvalue weighted by Gasteiger charge is 2.18. The first kappa shape index (κ1) is 22.6. The van der Waals surface area contributed by atoms with Crippen LogP contribution in [0.3, 0.4) is 0 Å². The van der Waals surface area contributed by atoms with Crippen molar-refractivity contribution in [3.8, 4) is 22.3 Å². The molecule has 0 saturated carbocycles. The molecule has 33 heavy (non-hydrogen) atoms. The fraction of sp³-hybridized carbons (Fsp3) is 0.0370. The first-order valence-corrected chi connectivity index (χ1v) is 10.9. The Balaban J connectivity index is 1.69. The molecule has 4 aromatic carbocycles. The maximum absolute atomic E-state index is 12.8. The molecule has 1 N–H and O–H groups in total. The summed E-state index contributed by atoms with van der Waals surface area (Å²) in [6.45, 7) is 0. The lowest BCUT2D eigenvalue weighted by molar-refractivity contribution is 0.0602. The van der Waals surface area contributed by atoms with Crippen LogP contribution in [0.5, 0.6) is 0 Å². The summed E-state index contributed by atoms with van der Waals surface area (Å²) in [7, 11) is 1.30. The number of rotatable bonds is 5. The number of ether oxygens (including phenoxy) is 1. The van der Waals surface area contributed by atoms with E-state index in [1.54, 1.807) is 18.2 Å². The number of nitrogens with one attached hydrogen (secondary N) is 1. The Labute approximate surface area is 201 Å². The second-order valence-corrected chi connectivity index (χ2v) is 8.12. The van der Waals surface area contributed by atoms with Gasteiger partial charge in [-0.1, -0.05) is 77.8 Å². The van der Waals surface area contributed by atoms with Crippen molar-refractivity contribution in [2.75, 3.05) is 12.4 Å². The fourth-order valence-electron chi connectivity index (χ4n) is 3.48. The number of amides is 1. The highest BCUT2D eigenvalue weighted by atomic mass is 35.5. The number of esters is 1. The third-order valence-electron chi connectivity index (χ3n) is 5.15. The van der Waals surface area contributed by atoms with E-state index in [1.807, 2.05) is 54.6 Å². The van der Waals surface area contributed by atoms with Crippen molar-refractivity contribution >= 4 is 40.8 Å². The van der Waals surface area contributed by atoms with Crippen LogP contribution >= 0.6 is 23.2 Å². The quantitative estimate of drug-likeness (QED) is 0.306. The minimum absolute atomic E-state index is 0.217. The van der Waals surface area contributed by atoms with E-state index in [0.717, 1.165) is 22.3 Å². The maximum Gasteiger partial charge on any atom is 0.339 e. The average Bonchev–Trinajstić information content (AvgIpc) is 2.84. The minimum Gasteiger partial charge on any atom is -0.465 e. The van der Waals surface area contributed by atoms with Gasteiger partial charge in [-0.2, -0.15) is 0 Å². The van der Waals surface area contributed by atoms with Crippen LogP contribution in [0.1, 0.15) is 20.7 Å². The van der Waals surface area contributed by atoms with Gasteiger partial charge < -0.3 is 10.1 Å². The molecule has 0 fully saturated rings. The molecular weight excluding hydrogens is 457 g/mol. The molecule has 0 aromatic heterocycles. The van der Waals surface area contributed by atoms with E-state index in [1.165, 1.54) is 19.2 Å². The van der Waals surface area contributed by atoms with Gasteiger partial charge in [0, 0.05) is 5.02 Å². The third kappa shape index (κ3) is 5.08. The maximum atomic E-state index is 12.8. The summed E-state index contributed by atoms with van der Waals surface area (Å²) in [6, 6.07) is 27.9. The molecule has 0 aliphatic rings. The Morgan fingerprint density at radius 3 is 2.06 bits per heavy atom. The van der Waals surface area contributed by atoms with Crippen molar-refractivity contribution in [3.63, 3.8) is 0 Å². The summed E-state index contributed by atoms with van der Waals surface area (Å²) in [5, 5.41) is 3.39. The summed E-state index contributed by atoms with van der Waals surface area (Å²) in [5.74, 6) is -1.02. The summed E-state index contributed by atoms with van der Waals surface area (Å²) in [6.07, 6.45) is 0. The predicted molar refractivity (Wildman–Crippen MR) is 133 cm³/mol. The van der Waals surface area contributed by atoms with Crippen molar-refractivity contribution in [2.24, 2.45) is 0 Å². The Morgan fingerprint density at radius 2 is 1.36 bits per heavy atom. The number of anilines is 1. The number of benzene rings is 4. The van der Waals surface area contributed by atoms with Gasteiger partial charge >= 0.3 is 5.97 Å². The Hall–Kier alpha value is -3.60. The van der Waals surface area contributed by atoms with Crippen LogP contribution in [0.4, 0.5) is 5.69 Å². The van der Waals surface area contributed by atoms with Crippen LogP contribution in [0.25, 0.3) is 22.3 Å². The lowest BCUT2D eigenvalue weighted by Gasteiger charge is -2.13. The zero-order valence-electron chi connectivity index (χ0n) is 17.6. The van der Waals surface area contributed by atoms with Crippen LogP contribution in [-0.4, -0.2) is 19.0 Å². The minimum atomic E-state index is -0.562. The molecule has 0 atom stereocenters. The first-order valence-electron chi connectivity index (χ1n) is 10.1. The van der Waals surface area contributed by atoms with Crippen LogP contribution in [0.2, 0.25) is 10.0 Å². The summed E-state index contributed by atoms with van der Waals surface area (Å²) in [5.41, 5.74) is 4.70. The van der Waals surface area contributed by atoms with Gasteiger partial charge in [0.05, 0.1) is 28.9 Å². The molecule has 4 nitrogen and oxygen atoms in total. The molecule has 0 radical (unpaired) electrons. The van der Waals surface area contributed by atoms with Gasteiger partial charge in [-0.3, -0.25) is 4.79 Å². The van der Waals surface area contributed by atoms with E-state index < -0.39 is 11.9 Å². The van der Waals surface area contributed by atoms with Crippen LogP contribution < -0.4 is 5.32 Å². The van der Waals surface area contributed by atoms with Crippen LogP contribution in [-0.2, 0) is 4.74 Å². The van der Waals surface area contributed by atoms with E-state index in [-0.39, 0.29) is 16.1 Å². The highest BCUT2D eigenvalue weighted by molar-refractivity contribution is 6.37. The zero-order chi connectivity index (χ0) is 23.4. The van der Waals surface area contributed by atoms with Gasteiger partial charge in [0.25, 0.3) is 5.91 Å². The molecule has 6 heteroatoms. The number of methoxy groups -OCH3 is 1. The molecule has 0 bridgehead atoms. The molecule has 0 aliphatic carbocycles. The van der Waals surface area contributed by atoms with Crippen molar-refractivity contribution in [3.05, 3.63) is 112 Å². The molecule has 0 saturated heterocycles. The predicted octanol–water partition coefficient (Wildman–Crippen LogP) is 7.37. The molecule has 0 heterocycles. The molecule has 164 valence electrons. The van der Waals surface area contributed by atoms with Crippen molar-refractivity contribution in [2.45, 2.75) is 0 Å². The van der Waals surface area contributed by atoms with Gasteiger partial charge in [0.15, 0.2) is 0 Å². The molecule has 0 unspecified atom stereocenters. The third-order valence-corrected chi connectivity index (χ3v) is 5.70. The molecule has 4 aromatic rings. The monoisotopic (exact) mass is 475 g/mol. The largest absolute Gasteiger partial charge is 0.465 e. The molecule has 0 aliphatic heterocycles. The molecule has 1 amide bonds. The zero-order valence-corrected chi connectivity index (χ0v) is 19.2. The normalized spacial score (nSPS) is 10.5. The van der Waals surface area contributed by atoms with E-state index in [9.17, 15) is 9.59 Å². The molecular formula is C27H19Cl2NO3. The SMILES string of the molecule is COC(=O)c1cc(-c2cccc(-c3ccccc3)c2)ccc1NC(=O)c1ccc(Cl)cc1Cl. The smallest absolute Gasteiger partial charge is 0.339 e. The second kappa shape index (κ2) is 9.90. The van der Waals surface area contributed by atoms with Gasteiger partial charge in [0.1, 0.15) is 0 Å². The lowest BCUT2D eigenvalue weighted by atomic mass is 9.97.